The molecule has 0 aromatic carbocycles. The quantitative estimate of drug-likeness (QED) is 0.658. The summed E-state index contributed by atoms with van der Waals surface area (Å²) in [5, 5.41) is 7.80. The average Bonchev–Trinajstić information content (AvgIpc) is 3.40. The van der Waals surface area contributed by atoms with Crippen molar-refractivity contribution in [2.75, 3.05) is 0 Å². The van der Waals surface area contributed by atoms with Gasteiger partial charge in [0.2, 0.25) is 5.91 Å². The first-order valence-corrected chi connectivity index (χ1v) is 12.2. The fourth-order valence-corrected chi connectivity index (χ4v) is 6.85. The number of nitrogens with zero attached hydrogens (tertiary/aromatic N) is 2. The fraction of sp³-hybridized carbons (Fsp3) is 0.500. The Balaban J connectivity index is 1.31. The van der Waals surface area contributed by atoms with E-state index in [4.69, 9.17) is 0 Å². The molecule has 2 aliphatic rings. The molecule has 0 spiro atoms. The lowest BCUT2D eigenvalue weighted by atomic mass is 9.69. The van der Waals surface area contributed by atoms with Crippen LogP contribution in [0.2, 0.25) is 0 Å². The van der Waals surface area contributed by atoms with Gasteiger partial charge >= 0.3 is 0 Å². The molecule has 3 heterocycles. The Bertz CT molecular complexity index is 1070. The summed E-state index contributed by atoms with van der Waals surface area (Å²) >= 11 is 3.08. The second kappa shape index (κ2) is 8.03. The summed E-state index contributed by atoms with van der Waals surface area (Å²) in [6.07, 6.45) is 10.3. The maximum Gasteiger partial charge on any atom is 0.263 e. The van der Waals surface area contributed by atoms with Gasteiger partial charge in [-0.05, 0) is 42.5 Å². The van der Waals surface area contributed by atoms with Crippen molar-refractivity contribution in [2.45, 2.75) is 57.5 Å². The number of carbonyl (C=O) groups is 1. The number of fused-ring (bicyclic) bond motifs is 2. The lowest BCUT2D eigenvalue weighted by molar-refractivity contribution is -0.122. The molecule has 2 fully saturated rings. The molecule has 5 rings (SSSR count). The van der Waals surface area contributed by atoms with Crippen LogP contribution in [0, 0.1) is 11.8 Å². The zero-order valence-electron chi connectivity index (χ0n) is 16.3. The molecule has 0 unspecified atom stereocenters. The first kappa shape index (κ1) is 19.0. The summed E-state index contributed by atoms with van der Waals surface area (Å²) in [6, 6.07) is 4.24. The summed E-state index contributed by atoms with van der Waals surface area (Å²) in [5.74, 6) is 1.54. The molecule has 0 saturated heterocycles. The average molecular weight is 428 g/mol. The minimum atomic E-state index is -0.134. The second-order valence-electron chi connectivity index (χ2n) is 8.37. The Labute approximate surface area is 177 Å². The molecule has 2 aliphatic carbocycles. The van der Waals surface area contributed by atoms with Crippen LogP contribution >= 0.6 is 22.7 Å². The highest BCUT2D eigenvalue weighted by Crippen LogP contribution is 2.40. The van der Waals surface area contributed by atoms with Gasteiger partial charge in [0.05, 0.1) is 11.7 Å². The molecule has 3 aromatic rings. The van der Waals surface area contributed by atoms with E-state index in [0.29, 0.717) is 5.39 Å². The van der Waals surface area contributed by atoms with E-state index in [0.717, 1.165) is 39.9 Å². The normalized spacial score (nSPS) is 24.3. The van der Waals surface area contributed by atoms with Crippen molar-refractivity contribution in [1.82, 2.24) is 14.9 Å². The molecule has 2 saturated carbocycles. The van der Waals surface area contributed by atoms with Crippen molar-refractivity contribution in [3.8, 4) is 10.4 Å². The van der Waals surface area contributed by atoms with Crippen molar-refractivity contribution in [3.05, 3.63) is 39.6 Å². The first-order valence-electron chi connectivity index (χ1n) is 10.5. The highest BCUT2D eigenvalue weighted by molar-refractivity contribution is 7.18. The van der Waals surface area contributed by atoms with Gasteiger partial charge in [0.1, 0.15) is 11.4 Å². The number of carbonyl (C=O) groups excluding carboxylic acids is 1. The minimum Gasteiger partial charge on any atom is -0.352 e. The first-order chi connectivity index (χ1) is 14.2. The largest absolute Gasteiger partial charge is 0.352 e. The number of hydrogen-bond acceptors (Lipinski definition) is 5. The molecule has 1 amide bonds. The molecule has 5 nitrogen and oxygen atoms in total. The van der Waals surface area contributed by atoms with Gasteiger partial charge in [0.25, 0.3) is 5.56 Å². The monoisotopic (exact) mass is 427 g/mol. The number of amides is 1. The SMILES string of the molecule is O=C(Cn1cnc2scc(-c3cccs3)c2c1=O)N[C@@H]1CC[C@@H]2CCCC[C@@H]2C1. The molecular formula is C22H25N3O2S2. The summed E-state index contributed by atoms with van der Waals surface area (Å²) in [7, 11) is 0. The molecule has 0 aliphatic heterocycles. The van der Waals surface area contributed by atoms with Gasteiger partial charge in [-0.3, -0.25) is 14.2 Å². The van der Waals surface area contributed by atoms with Crippen LogP contribution in [-0.2, 0) is 11.3 Å². The Morgan fingerprint density at radius 3 is 2.86 bits per heavy atom. The summed E-state index contributed by atoms with van der Waals surface area (Å²) in [5.41, 5.74) is 0.786. The van der Waals surface area contributed by atoms with E-state index in [1.165, 1.54) is 54.3 Å². The lowest BCUT2D eigenvalue weighted by Crippen LogP contribution is -2.43. The zero-order chi connectivity index (χ0) is 19.8. The molecule has 152 valence electrons. The highest BCUT2D eigenvalue weighted by atomic mass is 32.1. The van der Waals surface area contributed by atoms with E-state index in [2.05, 4.69) is 10.3 Å². The second-order valence-corrected chi connectivity index (χ2v) is 10.2. The standard InChI is InChI=1S/C22H25N3O2S2/c26-19(24-16-8-7-14-4-1-2-5-15(14)10-16)11-25-13-23-21-20(22(25)27)17(12-29-21)18-6-3-9-28-18/h3,6,9,12-16H,1-2,4-5,7-8,10-11H2,(H,24,26)/t14-,15+,16+/m0/s1. The Morgan fingerprint density at radius 2 is 2.03 bits per heavy atom. The maximum absolute atomic E-state index is 13.1. The number of rotatable bonds is 4. The van der Waals surface area contributed by atoms with E-state index in [9.17, 15) is 9.59 Å². The number of aromatic nitrogens is 2. The number of nitrogens with one attached hydrogen (secondary N) is 1. The third-order valence-electron chi connectivity index (χ3n) is 6.57. The number of thiophene rings is 2. The minimum absolute atomic E-state index is 0.0338. The molecule has 7 heteroatoms. The van der Waals surface area contributed by atoms with E-state index in [-0.39, 0.29) is 24.1 Å². The highest BCUT2D eigenvalue weighted by Gasteiger charge is 2.32. The van der Waals surface area contributed by atoms with E-state index < -0.39 is 0 Å². The van der Waals surface area contributed by atoms with Crippen LogP contribution in [0.5, 0.6) is 0 Å². The van der Waals surface area contributed by atoms with Crippen molar-refractivity contribution in [2.24, 2.45) is 11.8 Å². The van der Waals surface area contributed by atoms with Crippen molar-refractivity contribution in [3.63, 3.8) is 0 Å². The van der Waals surface area contributed by atoms with Crippen LogP contribution in [-0.4, -0.2) is 21.5 Å². The smallest absolute Gasteiger partial charge is 0.263 e. The summed E-state index contributed by atoms with van der Waals surface area (Å²) < 4.78 is 1.45. The molecule has 0 bridgehead atoms. The van der Waals surface area contributed by atoms with Gasteiger partial charge in [0, 0.05) is 21.9 Å². The Hall–Kier alpha value is -1.99. The van der Waals surface area contributed by atoms with Gasteiger partial charge in [0.15, 0.2) is 0 Å². The van der Waals surface area contributed by atoms with E-state index in [1.54, 1.807) is 11.3 Å². The van der Waals surface area contributed by atoms with Gasteiger partial charge in [-0.1, -0.05) is 31.7 Å². The maximum atomic E-state index is 13.1. The molecule has 1 N–H and O–H groups in total. The molecule has 29 heavy (non-hydrogen) atoms. The van der Waals surface area contributed by atoms with E-state index in [1.807, 2.05) is 22.9 Å². The molecule has 3 atom stereocenters. The van der Waals surface area contributed by atoms with Crippen molar-refractivity contribution in [1.29, 1.82) is 0 Å². The predicted molar refractivity (Wildman–Crippen MR) is 118 cm³/mol. The van der Waals surface area contributed by atoms with Gasteiger partial charge < -0.3 is 5.32 Å². The van der Waals surface area contributed by atoms with Crippen LogP contribution < -0.4 is 10.9 Å². The van der Waals surface area contributed by atoms with Gasteiger partial charge in [-0.2, -0.15) is 0 Å². The molecule has 3 aromatic heterocycles. The van der Waals surface area contributed by atoms with Crippen molar-refractivity contribution < 1.29 is 4.79 Å². The lowest BCUT2D eigenvalue weighted by Gasteiger charge is -2.39. The Morgan fingerprint density at radius 1 is 1.17 bits per heavy atom. The topological polar surface area (TPSA) is 64.0 Å². The fourth-order valence-electron chi connectivity index (χ4n) is 5.13. The zero-order valence-corrected chi connectivity index (χ0v) is 17.9. The Kier molecular flexibility index (Phi) is 5.26. The van der Waals surface area contributed by atoms with E-state index >= 15 is 0 Å². The summed E-state index contributed by atoms with van der Waals surface area (Å²) in [4.78, 5) is 32.0. The van der Waals surface area contributed by atoms with Crippen LogP contribution in [0.4, 0.5) is 0 Å². The predicted octanol–water partition coefficient (Wildman–Crippen LogP) is 4.66. The third kappa shape index (κ3) is 3.78. The van der Waals surface area contributed by atoms with Crippen LogP contribution in [0.15, 0.2) is 34.0 Å². The van der Waals surface area contributed by atoms with Gasteiger partial charge in [-0.25, -0.2) is 4.98 Å². The molecule has 0 radical (unpaired) electrons. The number of hydrogen-bond donors (Lipinski definition) is 1. The van der Waals surface area contributed by atoms with Crippen LogP contribution in [0.1, 0.15) is 44.9 Å². The molecular weight excluding hydrogens is 402 g/mol. The summed E-state index contributed by atoms with van der Waals surface area (Å²) in [6.45, 7) is 0.0338. The van der Waals surface area contributed by atoms with Crippen molar-refractivity contribution >= 4 is 38.8 Å². The third-order valence-corrected chi connectivity index (χ3v) is 8.36. The van der Waals surface area contributed by atoms with Gasteiger partial charge in [-0.15, -0.1) is 22.7 Å². The van der Waals surface area contributed by atoms with Crippen LogP contribution in [0.25, 0.3) is 20.7 Å². The van der Waals surface area contributed by atoms with Crippen LogP contribution in [0.3, 0.4) is 0 Å².